The zero-order valence-electron chi connectivity index (χ0n) is 13.9. The van der Waals surface area contributed by atoms with E-state index in [4.69, 9.17) is 4.74 Å². The molecule has 1 aliphatic rings. The number of ether oxygens (including phenoxy) is 1. The Morgan fingerprint density at radius 3 is 2.33 bits per heavy atom. The third kappa shape index (κ3) is 6.67. The average Bonchev–Trinajstić information content (AvgIpc) is 2.47. The van der Waals surface area contributed by atoms with Crippen LogP contribution in [0.5, 0.6) is 5.75 Å². The highest BCUT2D eigenvalue weighted by atomic mass is 35.5. The fourth-order valence-corrected chi connectivity index (χ4v) is 2.96. The van der Waals surface area contributed by atoms with Crippen molar-refractivity contribution in [1.29, 1.82) is 0 Å². The number of halogens is 5. The molecule has 1 aliphatic heterocycles. The lowest BCUT2D eigenvalue weighted by Gasteiger charge is -2.35. The van der Waals surface area contributed by atoms with E-state index in [1.165, 1.54) is 0 Å². The molecule has 1 heterocycles. The Kier molecular flexibility index (Phi) is 10.0. The number of hydrogen-bond donors (Lipinski definition) is 1. The van der Waals surface area contributed by atoms with Gasteiger partial charge in [-0.05, 0) is 30.5 Å². The molecule has 140 valence electrons. The van der Waals surface area contributed by atoms with E-state index in [9.17, 15) is 13.2 Å². The lowest BCUT2D eigenvalue weighted by molar-refractivity contribution is -0.138. The molecule has 0 unspecified atom stereocenters. The van der Waals surface area contributed by atoms with E-state index in [0.29, 0.717) is 0 Å². The third-order valence-electron chi connectivity index (χ3n) is 4.10. The zero-order chi connectivity index (χ0) is 16.2. The van der Waals surface area contributed by atoms with Crippen LogP contribution < -0.4 is 10.1 Å². The van der Waals surface area contributed by atoms with Crippen LogP contribution in [-0.4, -0.2) is 44.4 Å². The summed E-state index contributed by atoms with van der Waals surface area (Å²) in [5.41, 5.74) is 1.89. The van der Waals surface area contributed by atoms with Crippen molar-refractivity contribution in [2.75, 3.05) is 33.3 Å². The van der Waals surface area contributed by atoms with Crippen molar-refractivity contribution < 1.29 is 17.9 Å². The molecule has 0 aliphatic carbocycles. The highest BCUT2D eigenvalue weighted by Gasteiger charge is 2.31. The topological polar surface area (TPSA) is 24.5 Å². The molecule has 2 rings (SSSR count). The lowest BCUT2D eigenvalue weighted by atomic mass is 9.97. The summed E-state index contributed by atoms with van der Waals surface area (Å²) in [7, 11) is 1.60. The summed E-state index contributed by atoms with van der Waals surface area (Å²) in [5, 5.41) is 3.24. The Balaban J connectivity index is 0.00000264. The van der Waals surface area contributed by atoms with Crippen molar-refractivity contribution in [2.45, 2.75) is 32.0 Å². The molecular weight excluding hydrogens is 364 g/mol. The van der Waals surface area contributed by atoms with Gasteiger partial charge in [-0.25, -0.2) is 0 Å². The highest BCUT2D eigenvalue weighted by molar-refractivity contribution is 5.85. The first-order valence-electron chi connectivity index (χ1n) is 7.57. The summed E-state index contributed by atoms with van der Waals surface area (Å²) < 4.78 is 43.2. The van der Waals surface area contributed by atoms with E-state index in [0.717, 1.165) is 43.1 Å². The van der Waals surface area contributed by atoms with Crippen LogP contribution in [0.25, 0.3) is 0 Å². The van der Waals surface area contributed by atoms with Gasteiger partial charge in [0.05, 0.1) is 7.11 Å². The molecule has 1 atom stereocenters. The molecule has 0 spiro atoms. The van der Waals surface area contributed by atoms with E-state index in [1.54, 1.807) is 7.11 Å². The first kappa shape index (κ1) is 23.3. The maximum Gasteiger partial charge on any atom is 0.389 e. The molecule has 8 heteroatoms. The minimum Gasteiger partial charge on any atom is -0.496 e. The van der Waals surface area contributed by atoms with Gasteiger partial charge in [0, 0.05) is 38.6 Å². The molecule has 0 radical (unpaired) electrons. The molecule has 0 saturated carbocycles. The number of methoxy groups -OCH3 is 1. The zero-order valence-corrected chi connectivity index (χ0v) is 15.5. The van der Waals surface area contributed by atoms with Gasteiger partial charge in [0.2, 0.25) is 0 Å². The summed E-state index contributed by atoms with van der Waals surface area (Å²) >= 11 is 0. The summed E-state index contributed by atoms with van der Waals surface area (Å²) in [4.78, 5) is 2.14. The Hall–Kier alpha value is -0.690. The quantitative estimate of drug-likeness (QED) is 0.820. The summed E-state index contributed by atoms with van der Waals surface area (Å²) in [6.45, 7) is 5.09. The van der Waals surface area contributed by atoms with Gasteiger partial charge in [0.1, 0.15) is 5.75 Å². The minimum atomic E-state index is -4.12. The second-order valence-corrected chi connectivity index (χ2v) is 5.68. The fraction of sp³-hybridized carbons (Fsp3) is 0.625. The van der Waals surface area contributed by atoms with Crippen LogP contribution in [0, 0.1) is 6.92 Å². The predicted molar refractivity (Wildman–Crippen MR) is 94.7 cm³/mol. The van der Waals surface area contributed by atoms with E-state index >= 15 is 0 Å². The highest BCUT2D eigenvalue weighted by Crippen LogP contribution is 2.33. The van der Waals surface area contributed by atoms with Gasteiger partial charge in [0.15, 0.2) is 0 Å². The number of piperazine rings is 1. The van der Waals surface area contributed by atoms with Crippen molar-refractivity contribution in [3.05, 3.63) is 29.3 Å². The molecule has 0 aromatic heterocycles. The number of nitrogens with zero attached hydrogens (tertiary/aromatic N) is 1. The second kappa shape index (κ2) is 10.3. The van der Waals surface area contributed by atoms with Gasteiger partial charge < -0.3 is 10.1 Å². The number of nitrogens with one attached hydrogen (secondary N) is 1. The van der Waals surface area contributed by atoms with Crippen molar-refractivity contribution in [1.82, 2.24) is 10.2 Å². The van der Waals surface area contributed by atoms with Gasteiger partial charge >= 0.3 is 6.18 Å². The Bertz CT molecular complexity index is 495. The largest absolute Gasteiger partial charge is 0.496 e. The van der Waals surface area contributed by atoms with Gasteiger partial charge in [-0.2, -0.15) is 13.2 Å². The Labute approximate surface area is 153 Å². The van der Waals surface area contributed by atoms with Crippen molar-refractivity contribution in [3.63, 3.8) is 0 Å². The fourth-order valence-electron chi connectivity index (χ4n) is 2.96. The number of benzene rings is 1. The normalized spacial score (nSPS) is 16.7. The van der Waals surface area contributed by atoms with Crippen molar-refractivity contribution in [2.24, 2.45) is 0 Å². The Morgan fingerprint density at radius 1 is 1.21 bits per heavy atom. The van der Waals surface area contributed by atoms with E-state index in [2.05, 4.69) is 10.2 Å². The van der Waals surface area contributed by atoms with Gasteiger partial charge in [-0.1, -0.05) is 12.1 Å². The third-order valence-corrected chi connectivity index (χ3v) is 4.10. The van der Waals surface area contributed by atoms with Gasteiger partial charge in [-0.15, -0.1) is 24.8 Å². The van der Waals surface area contributed by atoms with Crippen LogP contribution in [0.3, 0.4) is 0 Å². The maximum absolute atomic E-state index is 12.6. The van der Waals surface area contributed by atoms with Crippen LogP contribution in [0.1, 0.15) is 30.0 Å². The van der Waals surface area contributed by atoms with Crippen LogP contribution in [-0.2, 0) is 0 Å². The van der Waals surface area contributed by atoms with Crippen LogP contribution in [0.15, 0.2) is 18.2 Å². The molecule has 1 aromatic rings. The molecule has 1 saturated heterocycles. The van der Waals surface area contributed by atoms with Crippen LogP contribution in [0.2, 0.25) is 0 Å². The summed E-state index contributed by atoms with van der Waals surface area (Å²) in [6.07, 6.45) is -4.78. The lowest BCUT2D eigenvalue weighted by Crippen LogP contribution is -2.45. The standard InChI is InChI=1S/C16H23F3N2O.2ClH/c1-12-11-13(3-4-15(12)22-2)14(5-6-16(17,18)19)21-9-7-20-8-10-21;;/h3-4,11,14,20H,5-10H2,1-2H3;2*1H/t14-;;/m0../s1. The number of alkyl halides is 3. The summed E-state index contributed by atoms with van der Waals surface area (Å²) in [6, 6.07) is 5.47. The molecule has 0 bridgehead atoms. The molecule has 1 N–H and O–H groups in total. The van der Waals surface area contributed by atoms with E-state index in [-0.39, 0.29) is 37.3 Å². The first-order valence-corrected chi connectivity index (χ1v) is 7.57. The molecular formula is C16H25Cl2F3N2O. The summed E-state index contributed by atoms with van der Waals surface area (Å²) in [5.74, 6) is 0.763. The molecule has 0 amide bonds. The second-order valence-electron chi connectivity index (χ2n) is 5.68. The van der Waals surface area contributed by atoms with Crippen LogP contribution in [0.4, 0.5) is 13.2 Å². The monoisotopic (exact) mass is 388 g/mol. The van der Waals surface area contributed by atoms with Crippen molar-refractivity contribution in [3.8, 4) is 5.75 Å². The molecule has 1 aromatic carbocycles. The van der Waals surface area contributed by atoms with E-state index in [1.807, 2.05) is 25.1 Å². The molecule has 3 nitrogen and oxygen atoms in total. The van der Waals surface area contributed by atoms with Gasteiger partial charge in [-0.3, -0.25) is 4.90 Å². The predicted octanol–water partition coefficient (Wildman–Crippen LogP) is 4.14. The molecule has 1 fully saturated rings. The number of rotatable bonds is 5. The number of hydrogen-bond acceptors (Lipinski definition) is 3. The first-order chi connectivity index (χ1) is 10.4. The average molecular weight is 389 g/mol. The Morgan fingerprint density at radius 2 is 1.83 bits per heavy atom. The SMILES string of the molecule is COc1ccc([C@H](CCC(F)(F)F)N2CCNCC2)cc1C.Cl.Cl. The van der Waals surface area contributed by atoms with Crippen LogP contribution >= 0.6 is 24.8 Å². The van der Waals surface area contributed by atoms with Crippen molar-refractivity contribution >= 4 is 24.8 Å². The smallest absolute Gasteiger partial charge is 0.389 e. The number of aryl methyl sites for hydroxylation is 1. The van der Waals surface area contributed by atoms with Gasteiger partial charge in [0.25, 0.3) is 0 Å². The maximum atomic E-state index is 12.6. The molecule has 24 heavy (non-hydrogen) atoms. The van der Waals surface area contributed by atoms with E-state index < -0.39 is 12.6 Å². The minimum absolute atomic E-state index is 0.